The Hall–Kier alpha value is -0.680. The molecule has 2 N–H and O–H groups in total. The minimum absolute atomic E-state index is 0. The van der Waals surface area contributed by atoms with E-state index in [0.29, 0.717) is 11.8 Å². The normalized spacial score (nSPS) is 16.3. The van der Waals surface area contributed by atoms with Crippen LogP contribution in [0.25, 0.3) is 0 Å². The maximum Gasteiger partial charge on any atom is 0.160 e. The second-order valence-electron chi connectivity index (χ2n) is 5.38. The third-order valence-corrected chi connectivity index (χ3v) is 4.01. The van der Waals surface area contributed by atoms with E-state index in [4.69, 9.17) is 4.74 Å². The maximum atomic E-state index is 9.75. The highest BCUT2D eigenvalue weighted by Crippen LogP contribution is 2.33. The van der Waals surface area contributed by atoms with Crippen molar-refractivity contribution in [1.29, 1.82) is 0 Å². The molecule has 1 aromatic rings. The zero-order valence-electron chi connectivity index (χ0n) is 13.4. The van der Waals surface area contributed by atoms with Crippen LogP contribution in [0.2, 0.25) is 0 Å². The van der Waals surface area contributed by atoms with E-state index in [1.165, 1.54) is 18.4 Å². The number of methoxy groups -OCH3 is 1. The predicted octanol–water partition coefficient (Wildman–Crippen LogP) is 3.38. The Bertz CT molecular complexity index is 427. The number of benzene rings is 1. The molecular weight excluding hydrogens is 323 g/mol. The number of aromatic hydroxyl groups is 1. The second kappa shape index (κ2) is 10.9. The summed E-state index contributed by atoms with van der Waals surface area (Å²) in [5.41, 5.74) is 1.25. The highest BCUT2D eigenvalue weighted by Gasteiger charge is 2.22. The maximum absolute atomic E-state index is 9.75. The van der Waals surface area contributed by atoms with Gasteiger partial charge in [-0.15, -0.1) is 24.8 Å². The van der Waals surface area contributed by atoms with Crippen molar-refractivity contribution in [3.63, 3.8) is 0 Å². The number of phenols is 1. The number of nitrogens with zero attached hydrogens (tertiary/aromatic N) is 1. The average Bonchev–Trinajstić information content (AvgIpc) is 2.50. The first kappa shape index (κ1) is 21.3. The topological polar surface area (TPSA) is 44.7 Å². The first-order chi connectivity index (χ1) is 9.76. The van der Waals surface area contributed by atoms with Crippen molar-refractivity contribution < 1.29 is 9.84 Å². The Labute approximate surface area is 146 Å². The van der Waals surface area contributed by atoms with E-state index in [2.05, 4.69) is 17.1 Å². The van der Waals surface area contributed by atoms with Crippen molar-refractivity contribution in [3.05, 3.63) is 23.8 Å². The minimum Gasteiger partial charge on any atom is -0.504 e. The zero-order chi connectivity index (χ0) is 14.4. The molecule has 0 amide bonds. The molecule has 0 aliphatic carbocycles. The molecule has 6 heteroatoms. The molecular formula is C16H28Cl2N2O2. The molecule has 1 heterocycles. The van der Waals surface area contributed by atoms with Gasteiger partial charge in [0.2, 0.25) is 0 Å². The molecule has 22 heavy (non-hydrogen) atoms. The van der Waals surface area contributed by atoms with E-state index in [9.17, 15) is 5.11 Å². The number of piperazine rings is 1. The summed E-state index contributed by atoms with van der Waals surface area (Å²) in [4.78, 5) is 2.54. The van der Waals surface area contributed by atoms with Gasteiger partial charge in [0.15, 0.2) is 11.5 Å². The van der Waals surface area contributed by atoms with Gasteiger partial charge in [-0.1, -0.05) is 25.8 Å². The number of hydrogen-bond donors (Lipinski definition) is 2. The molecule has 0 spiro atoms. The Kier molecular flexibility index (Phi) is 10.6. The largest absolute Gasteiger partial charge is 0.504 e. The molecule has 0 bridgehead atoms. The van der Waals surface area contributed by atoms with E-state index in [1.54, 1.807) is 13.2 Å². The third kappa shape index (κ3) is 5.51. The van der Waals surface area contributed by atoms with Crippen LogP contribution in [0.4, 0.5) is 0 Å². The van der Waals surface area contributed by atoms with Gasteiger partial charge in [0, 0.05) is 32.2 Å². The average molecular weight is 351 g/mol. The summed E-state index contributed by atoms with van der Waals surface area (Å²) in [6.07, 6.45) is 3.58. The Morgan fingerprint density at radius 2 is 1.95 bits per heavy atom. The van der Waals surface area contributed by atoms with Gasteiger partial charge in [0.05, 0.1) is 7.11 Å². The van der Waals surface area contributed by atoms with E-state index < -0.39 is 0 Å². The molecule has 0 unspecified atom stereocenters. The number of nitrogens with one attached hydrogen (secondary N) is 1. The van der Waals surface area contributed by atoms with E-state index in [0.717, 1.165) is 32.6 Å². The SMILES string of the molecule is CCCC[C@H](c1ccc(O)c(OC)c1)N1CCNCC1.Cl.Cl. The van der Waals surface area contributed by atoms with Gasteiger partial charge < -0.3 is 15.2 Å². The summed E-state index contributed by atoms with van der Waals surface area (Å²) >= 11 is 0. The van der Waals surface area contributed by atoms with Gasteiger partial charge in [-0.2, -0.15) is 0 Å². The van der Waals surface area contributed by atoms with Crippen LogP contribution in [-0.4, -0.2) is 43.3 Å². The molecule has 1 aliphatic rings. The molecule has 1 fully saturated rings. The number of phenolic OH excluding ortho intramolecular Hbond substituents is 1. The fraction of sp³-hybridized carbons (Fsp3) is 0.625. The summed E-state index contributed by atoms with van der Waals surface area (Å²) in [6, 6.07) is 6.18. The third-order valence-electron chi connectivity index (χ3n) is 4.01. The smallest absolute Gasteiger partial charge is 0.160 e. The minimum atomic E-state index is 0. The van der Waals surface area contributed by atoms with Crippen molar-refractivity contribution in [1.82, 2.24) is 10.2 Å². The van der Waals surface area contributed by atoms with Gasteiger partial charge in [-0.05, 0) is 24.1 Å². The molecule has 2 rings (SSSR count). The monoisotopic (exact) mass is 350 g/mol. The molecule has 0 saturated carbocycles. The number of halogens is 2. The van der Waals surface area contributed by atoms with Crippen LogP contribution in [0.15, 0.2) is 18.2 Å². The molecule has 1 aromatic carbocycles. The van der Waals surface area contributed by atoms with Crippen molar-refractivity contribution in [3.8, 4) is 11.5 Å². The van der Waals surface area contributed by atoms with Crippen LogP contribution >= 0.6 is 24.8 Å². The molecule has 1 atom stereocenters. The number of rotatable bonds is 6. The van der Waals surface area contributed by atoms with E-state index in [1.807, 2.05) is 12.1 Å². The number of hydrogen-bond acceptors (Lipinski definition) is 4. The van der Waals surface area contributed by atoms with E-state index >= 15 is 0 Å². The lowest BCUT2D eigenvalue weighted by atomic mass is 9.98. The van der Waals surface area contributed by atoms with Gasteiger partial charge in [-0.25, -0.2) is 0 Å². The Morgan fingerprint density at radius 1 is 1.27 bits per heavy atom. The van der Waals surface area contributed by atoms with E-state index in [-0.39, 0.29) is 30.6 Å². The lowest BCUT2D eigenvalue weighted by Gasteiger charge is -2.35. The first-order valence-electron chi connectivity index (χ1n) is 7.58. The molecule has 128 valence electrons. The molecule has 1 saturated heterocycles. The van der Waals surface area contributed by atoms with Crippen LogP contribution in [-0.2, 0) is 0 Å². The fourth-order valence-corrected chi connectivity index (χ4v) is 2.85. The quantitative estimate of drug-likeness (QED) is 0.825. The lowest BCUT2D eigenvalue weighted by molar-refractivity contribution is 0.163. The Morgan fingerprint density at radius 3 is 2.55 bits per heavy atom. The summed E-state index contributed by atoms with van der Waals surface area (Å²) < 4.78 is 5.25. The van der Waals surface area contributed by atoms with Crippen LogP contribution in [0, 0.1) is 0 Å². The van der Waals surface area contributed by atoms with Gasteiger partial charge in [0.25, 0.3) is 0 Å². The molecule has 0 aromatic heterocycles. The summed E-state index contributed by atoms with van der Waals surface area (Å²) in [7, 11) is 1.60. The number of ether oxygens (including phenoxy) is 1. The summed E-state index contributed by atoms with van der Waals surface area (Å²) in [6.45, 7) is 6.50. The van der Waals surface area contributed by atoms with Crippen molar-refractivity contribution in [2.24, 2.45) is 0 Å². The summed E-state index contributed by atoms with van der Waals surface area (Å²) in [5.74, 6) is 0.782. The number of unbranched alkanes of at least 4 members (excludes halogenated alkanes) is 1. The van der Waals surface area contributed by atoms with Gasteiger partial charge >= 0.3 is 0 Å². The van der Waals surface area contributed by atoms with Crippen molar-refractivity contribution in [2.75, 3.05) is 33.3 Å². The highest BCUT2D eigenvalue weighted by atomic mass is 35.5. The van der Waals surface area contributed by atoms with Gasteiger partial charge in [0.1, 0.15) is 0 Å². The van der Waals surface area contributed by atoms with Crippen LogP contribution in [0.1, 0.15) is 37.8 Å². The lowest BCUT2D eigenvalue weighted by Crippen LogP contribution is -2.45. The molecule has 1 aliphatic heterocycles. The summed E-state index contributed by atoms with van der Waals surface area (Å²) in [5, 5.41) is 13.2. The standard InChI is InChI=1S/C16H26N2O2.2ClH/c1-3-4-5-14(18-10-8-17-9-11-18)13-6-7-15(19)16(12-13)20-2;;/h6-7,12,14,17,19H,3-5,8-11H2,1-2H3;2*1H/t14-;;/m1../s1. The van der Waals surface area contributed by atoms with Crippen molar-refractivity contribution >= 4 is 24.8 Å². The second-order valence-corrected chi connectivity index (χ2v) is 5.38. The predicted molar refractivity (Wildman–Crippen MR) is 95.9 cm³/mol. The fourth-order valence-electron chi connectivity index (χ4n) is 2.85. The van der Waals surface area contributed by atoms with Crippen LogP contribution in [0.3, 0.4) is 0 Å². The van der Waals surface area contributed by atoms with Crippen LogP contribution < -0.4 is 10.1 Å². The highest BCUT2D eigenvalue weighted by molar-refractivity contribution is 5.85. The molecule has 4 nitrogen and oxygen atoms in total. The zero-order valence-corrected chi connectivity index (χ0v) is 15.0. The van der Waals surface area contributed by atoms with Gasteiger partial charge in [-0.3, -0.25) is 4.90 Å². The molecule has 0 radical (unpaired) electrons. The van der Waals surface area contributed by atoms with Crippen LogP contribution in [0.5, 0.6) is 11.5 Å². The van der Waals surface area contributed by atoms with Crippen molar-refractivity contribution in [2.45, 2.75) is 32.2 Å². The Balaban J connectivity index is 0.00000220. The first-order valence-corrected chi connectivity index (χ1v) is 7.58.